The van der Waals surface area contributed by atoms with E-state index < -0.39 is 12.1 Å². The van der Waals surface area contributed by atoms with Crippen LogP contribution >= 0.6 is 0 Å². The van der Waals surface area contributed by atoms with E-state index in [0.717, 1.165) is 17.0 Å². The smallest absolute Gasteiger partial charge is 0.325 e. The van der Waals surface area contributed by atoms with Gasteiger partial charge in [-0.25, -0.2) is 4.79 Å². The highest BCUT2D eigenvalue weighted by atomic mass is 16.3. The minimum atomic E-state index is -0.699. The maximum atomic E-state index is 12.9. The molecule has 3 aliphatic rings. The molecule has 1 unspecified atom stereocenters. The van der Waals surface area contributed by atoms with Crippen molar-refractivity contribution < 1.29 is 18.8 Å². The lowest BCUT2D eigenvalue weighted by Gasteiger charge is -2.42. The molecule has 1 N–H and O–H groups in total. The third kappa shape index (κ3) is 3.64. The first-order chi connectivity index (χ1) is 15.0. The molecule has 0 spiro atoms. The van der Waals surface area contributed by atoms with E-state index >= 15 is 0 Å². The van der Waals surface area contributed by atoms with Gasteiger partial charge in [-0.3, -0.25) is 19.3 Å². The second-order valence-corrected chi connectivity index (χ2v) is 8.54. The number of hydrogen-bond donors (Lipinski definition) is 1. The Bertz CT molecular complexity index is 1080. The Kier molecular flexibility index (Phi) is 4.88. The molecule has 2 fully saturated rings. The lowest BCUT2D eigenvalue weighted by Crippen LogP contribution is -2.49. The normalized spacial score (nSPS) is 24.8. The predicted octanol–water partition coefficient (Wildman–Crippen LogP) is 1.29. The number of imide groups is 1. The maximum Gasteiger partial charge on any atom is 0.325 e. The molecule has 2 saturated heterocycles. The SMILES string of the molecule is O=C(CCC1NC(=O)N(Cc2ccco2)C1=O)N1C[C@H]2C[C@@H](C1)c1cccc(=O)n1C2. The highest BCUT2D eigenvalue weighted by molar-refractivity contribution is 6.04. The Labute approximate surface area is 178 Å². The van der Waals surface area contributed by atoms with Crippen molar-refractivity contribution in [2.75, 3.05) is 13.1 Å². The van der Waals surface area contributed by atoms with Crippen LogP contribution in [0.2, 0.25) is 0 Å². The number of hydrogen-bond acceptors (Lipinski definition) is 5. The van der Waals surface area contributed by atoms with Gasteiger partial charge in [0.25, 0.3) is 11.5 Å². The summed E-state index contributed by atoms with van der Waals surface area (Å²) in [6.45, 7) is 1.91. The summed E-state index contributed by atoms with van der Waals surface area (Å²) >= 11 is 0. The topological polar surface area (TPSA) is 105 Å². The standard InChI is InChI=1S/C22H24N4O5/c27-19(7-6-17-21(29)26(22(30)23-17)13-16-3-2-8-31-16)24-10-14-9-15(12-24)18-4-1-5-20(28)25(18)11-14/h1-5,8,14-15,17H,6-7,9-13H2,(H,23,30)/t14-,15+,17?/m1/s1. The number of furan rings is 1. The summed E-state index contributed by atoms with van der Waals surface area (Å²) in [6, 6.07) is 7.57. The first-order valence-corrected chi connectivity index (χ1v) is 10.6. The van der Waals surface area contributed by atoms with Crippen LogP contribution in [0.25, 0.3) is 0 Å². The lowest BCUT2D eigenvalue weighted by atomic mass is 9.83. The zero-order valence-corrected chi connectivity index (χ0v) is 17.0. The van der Waals surface area contributed by atoms with Crippen LogP contribution in [-0.2, 0) is 22.7 Å². The summed E-state index contributed by atoms with van der Waals surface area (Å²) in [5.41, 5.74) is 1.01. The van der Waals surface area contributed by atoms with E-state index in [9.17, 15) is 19.2 Å². The van der Waals surface area contributed by atoms with Crippen molar-refractivity contribution in [2.24, 2.45) is 5.92 Å². The van der Waals surface area contributed by atoms with Gasteiger partial charge in [0.1, 0.15) is 11.8 Å². The Hall–Kier alpha value is -3.36. The van der Waals surface area contributed by atoms with Gasteiger partial charge in [-0.15, -0.1) is 0 Å². The zero-order valence-electron chi connectivity index (χ0n) is 17.0. The summed E-state index contributed by atoms with van der Waals surface area (Å²) in [6.07, 6.45) is 2.92. The molecule has 0 saturated carbocycles. The van der Waals surface area contributed by atoms with Crippen LogP contribution in [0.5, 0.6) is 0 Å². The van der Waals surface area contributed by atoms with Gasteiger partial charge in [0.2, 0.25) is 5.91 Å². The molecule has 0 aliphatic carbocycles. The highest BCUT2D eigenvalue weighted by Gasteiger charge is 2.40. The summed E-state index contributed by atoms with van der Waals surface area (Å²) in [4.78, 5) is 52.8. The monoisotopic (exact) mass is 424 g/mol. The molecule has 31 heavy (non-hydrogen) atoms. The van der Waals surface area contributed by atoms with Gasteiger partial charge in [0.05, 0.1) is 12.8 Å². The number of carbonyl (C=O) groups is 3. The molecule has 3 atom stereocenters. The van der Waals surface area contributed by atoms with E-state index in [2.05, 4.69) is 5.32 Å². The minimum Gasteiger partial charge on any atom is -0.467 e. The minimum absolute atomic E-state index is 0.0153. The van der Waals surface area contributed by atoms with E-state index in [-0.39, 0.29) is 48.6 Å². The third-order valence-corrected chi connectivity index (χ3v) is 6.48. The first kappa shape index (κ1) is 19.6. The molecule has 162 valence electrons. The Morgan fingerprint density at radius 1 is 1.10 bits per heavy atom. The maximum absolute atomic E-state index is 12.9. The summed E-state index contributed by atoms with van der Waals surface area (Å²) in [5, 5.41) is 2.67. The summed E-state index contributed by atoms with van der Waals surface area (Å²) < 4.78 is 7.05. The second-order valence-electron chi connectivity index (χ2n) is 8.54. The van der Waals surface area contributed by atoms with E-state index in [4.69, 9.17) is 4.42 Å². The van der Waals surface area contributed by atoms with E-state index in [1.165, 1.54) is 6.26 Å². The number of aromatic nitrogens is 1. The van der Waals surface area contributed by atoms with Crippen LogP contribution in [0.15, 0.2) is 45.8 Å². The predicted molar refractivity (Wildman–Crippen MR) is 109 cm³/mol. The van der Waals surface area contributed by atoms with Crippen molar-refractivity contribution in [2.45, 2.75) is 44.3 Å². The summed E-state index contributed by atoms with van der Waals surface area (Å²) in [7, 11) is 0. The van der Waals surface area contributed by atoms with Crippen molar-refractivity contribution in [1.29, 1.82) is 0 Å². The van der Waals surface area contributed by atoms with Gasteiger partial charge in [-0.1, -0.05) is 6.07 Å². The van der Waals surface area contributed by atoms with Crippen LogP contribution in [0.3, 0.4) is 0 Å². The fourth-order valence-electron chi connectivity index (χ4n) is 5.01. The van der Waals surface area contributed by atoms with Crippen LogP contribution in [-0.4, -0.2) is 51.3 Å². The van der Waals surface area contributed by atoms with Gasteiger partial charge in [0, 0.05) is 43.7 Å². The quantitative estimate of drug-likeness (QED) is 0.729. The average Bonchev–Trinajstić information content (AvgIpc) is 3.36. The number of nitrogens with one attached hydrogen (secondary N) is 1. The van der Waals surface area contributed by atoms with Gasteiger partial charge < -0.3 is 19.2 Å². The molecule has 0 radical (unpaired) electrons. The molecule has 9 heteroatoms. The van der Waals surface area contributed by atoms with Crippen molar-refractivity contribution in [3.8, 4) is 0 Å². The third-order valence-electron chi connectivity index (χ3n) is 6.48. The molecule has 3 aliphatic heterocycles. The number of carbonyl (C=O) groups excluding carboxylic acids is 3. The lowest BCUT2D eigenvalue weighted by molar-refractivity contribution is -0.134. The summed E-state index contributed by atoms with van der Waals surface area (Å²) in [5.74, 6) is 0.583. The number of rotatable bonds is 5. The largest absolute Gasteiger partial charge is 0.467 e. The first-order valence-electron chi connectivity index (χ1n) is 10.6. The highest BCUT2D eigenvalue weighted by Crippen LogP contribution is 2.35. The Morgan fingerprint density at radius 3 is 2.77 bits per heavy atom. The van der Waals surface area contributed by atoms with Crippen molar-refractivity contribution in [3.05, 3.63) is 58.4 Å². The van der Waals surface area contributed by atoms with Crippen molar-refractivity contribution in [1.82, 2.24) is 19.7 Å². The van der Waals surface area contributed by atoms with Crippen molar-refractivity contribution >= 4 is 17.8 Å². The molecule has 9 nitrogen and oxygen atoms in total. The molecule has 5 heterocycles. The molecule has 5 rings (SSSR count). The fourth-order valence-corrected chi connectivity index (χ4v) is 5.01. The van der Waals surface area contributed by atoms with Gasteiger partial charge in [0.15, 0.2) is 0 Å². The van der Waals surface area contributed by atoms with Crippen LogP contribution < -0.4 is 10.9 Å². The number of likely N-dealkylation sites (tertiary alicyclic amines) is 1. The Morgan fingerprint density at radius 2 is 1.97 bits per heavy atom. The number of urea groups is 1. The molecule has 4 amide bonds. The molecule has 2 aromatic rings. The van der Waals surface area contributed by atoms with Gasteiger partial charge in [-0.05, 0) is 37.0 Å². The molecular formula is C22H24N4O5. The molecule has 2 bridgehead atoms. The number of piperidine rings is 1. The van der Waals surface area contributed by atoms with Crippen LogP contribution in [0.1, 0.15) is 36.6 Å². The molecule has 0 aromatic carbocycles. The molecular weight excluding hydrogens is 400 g/mol. The van der Waals surface area contributed by atoms with E-state index in [1.807, 2.05) is 15.5 Å². The number of nitrogens with zero attached hydrogens (tertiary/aromatic N) is 3. The van der Waals surface area contributed by atoms with Crippen LogP contribution in [0, 0.1) is 5.92 Å². The van der Waals surface area contributed by atoms with Gasteiger partial charge >= 0.3 is 6.03 Å². The average molecular weight is 424 g/mol. The van der Waals surface area contributed by atoms with Crippen LogP contribution in [0.4, 0.5) is 4.79 Å². The second kappa shape index (κ2) is 7.72. The fraction of sp³-hybridized carbons (Fsp3) is 0.455. The van der Waals surface area contributed by atoms with E-state index in [1.54, 1.807) is 24.3 Å². The molecule has 2 aromatic heterocycles. The van der Waals surface area contributed by atoms with Crippen molar-refractivity contribution in [3.63, 3.8) is 0 Å². The van der Waals surface area contributed by atoms with Gasteiger partial charge in [-0.2, -0.15) is 0 Å². The zero-order chi connectivity index (χ0) is 21.5. The Balaban J connectivity index is 1.19. The number of amides is 4. The number of fused-ring (bicyclic) bond motifs is 4. The number of pyridine rings is 1. The van der Waals surface area contributed by atoms with E-state index in [0.29, 0.717) is 25.4 Å².